The molecule has 0 radical (unpaired) electrons. The van der Waals surface area contributed by atoms with E-state index in [1.807, 2.05) is 24.3 Å². The first-order valence-corrected chi connectivity index (χ1v) is 8.38. The van der Waals surface area contributed by atoms with Crippen molar-refractivity contribution in [2.75, 3.05) is 7.11 Å². The van der Waals surface area contributed by atoms with Crippen molar-refractivity contribution in [3.8, 4) is 40.1 Å². The molecule has 0 aliphatic carbocycles. The molecule has 0 unspecified atom stereocenters. The van der Waals surface area contributed by atoms with Gasteiger partial charge in [-0.25, -0.2) is 0 Å². The van der Waals surface area contributed by atoms with E-state index < -0.39 is 5.56 Å². The molecule has 28 heavy (non-hydrogen) atoms. The normalized spacial score (nSPS) is 10.7. The molecule has 7 heteroatoms. The third kappa shape index (κ3) is 2.56. The second-order valence-electron chi connectivity index (χ2n) is 6.14. The van der Waals surface area contributed by atoms with Gasteiger partial charge >= 0.3 is 0 Å². The molecule has 4 rings (SSSR count). The van der Waals surface area contributed by atoms with Crippen LogP contribution in [0.4, 0.5) is 0 Å². The number of aromatic nitrogens is 2. The second kappa shape index (κ2) is 6.52. The maximum absolute atomic E-state index is 11.8. The predicted molar refractivity (Wildman–Crippen MR) is 104 cm³/mol. The summed E-state index contributed by atoms with van der Waals surface area (Å²) < 4.78 is 6.82. The number of hydrogen-bond donors (Lipinski definition) is 3. The molecule has 0 aliphatic rings. The first-order valence-electron chi connectivity index (χ1n) is 8.38. The van der Waals surface area contributed by atoms with Gasteiger partial charge in [-0.2, -0.15) is 5.26 Å². The van der Waals surface area contributed by atoms with Crippen molar-refractivity contribution in [1.29, 1.82) is 5.26 Å². The molecule has 0 spiro atoms. The number of fused-ring (bicyclic) bond motifs is 1. The topological polar surface area (TPSA) is 111 Å². The van der Waals surface area contributed by atoms with E-state index in [2.05, 4.69) is 4.98 Å². The Labute approximate surface area is 159 Å². The molecular formula is C21H15N3O4. The standard InChI is InChI=1S/C21H15N3O4/c1-28-17-4-2-3-14(19(17)25)12-5-7-13(8-6-12)24-10-9-16-18(24)20(26)15(11-22)21(27)23-16/h2-10,25H,1H3,(H2,23,26,27). The first-order chi connectivity index (χ1) is 13.5. The third-order valence-electron chi connectivity index (χ3n) is 4.61. The monoisotopic (exact) mass is 373 g/mol. The van der Waals surface area contributed by atoms with Gasteiger partial charge in [-0.3, -0.25) is 4.79 Å². The quantitative estimate of drug-likeness (QED) is 0.510. The van der Waals surface area contributed by atoms with Crippen LogP contribution in [0.2, 0.25) is 0 Å². The van der Waals surface area contributed by atoms with Gasteiger partial charge in [0.2, 0.25) is 0 Å². The number of ether oxygens (including phenoxy) is 1. The van der Waals surface area contributed by atoms with Crippen LogP contribution in [-0.4, -0.2) is 26.9 Å². The van der Waals surface area contributed by atoms with Crippen molar-refractivity contribution >= 4 is 11.0 Å². The lowest BCUT2D eigenvalue weighted by atomic mass is 10.0. The molecule has 0 saturated carbocycles. The molecule has 0 aliphatic heterocycles. The maximum atomic E-state index is 11.8. The van der Waals surface area contributed by atoms with Gasteiger partial charge < -0.3 is 24.5 Å². The minimum atomic E-state index is -0.630. The number of pyridine rings is 1. The number of rotatable bonds is 3. The number of aromatic hydroxyl groups is 2. The first kappa shape index (κ1) is 17.2. The van der Waals surface area contributed by atoms with Crippen LogP contribution in [0.25, 0.3) is 27.8 Å². The minimum absolute atomic E-state index is 0.0537. The molecule has 0 bridgehead atoms. The second-order valence-corrected chi connectivity index (χ2v) is 6.14. The Balaban J connectivity index is 1.83. The fourth-order valence-corrected chi connectivity index (χ4v) is 3.23. The lowest BCUT2D eigenvalue weighted by Gasteiger charge is -2.11. The lowest BCUT2D eigenvalue weighted by Crippen LogP contribution is -2.10. The lowest BCUT2D eigenvalue weighted by molar-refractivity contribution is 0.374. The molecule has 7 nitrogen and oxygen atoms in total. The van der Waals surface area contributed by atoms with Gasteiger partial charge in [-0.1, -0.05) is 24.3 Å². The number of methoxy groups -OCH3 is 1. The van der Waals surface area contributed by atoms with E-state index in [0.29, 0.717) is 28.0 Å². The van der Waals surface area contributed by atoms with Gasteiger partial charge in [-0.15, -0.1) is 0 Å². The highest BCUT2D eigenvalue weighted by Gasteiger charge is 2.16. The average molecular weight is 373 g/mol. The molecular weight excluding hydrogens is 358 g/mol. The molecule has 2 aromatic carbocycles. The molecule has 138 valence electrons. The highest BCUT2D eigenvalue weighted by Crippen LogP contribution is 2.37. The van der Waals surface area contributed by atoms with Gasteiger partial charge in [0.25, 0.3) is 5.56 Å². The van der Waals surface area contributed by atoms with Gasteiger partial charge in [0.1, 0.15) is 11.6 Å². The Morgan fingerprint density at radius 3 is 2.50 bits per heavy atom. The minimum Gasteiger partial charge on any atom is -0.504 e. The zero-order chi connectivity index (χ0) is 19.8. The number of nitrogens with one attached hydrogen (secondary N) is 1. The van der Waals surface area contributed by atoms with Crippen LogP contribution in [0.5, 0.6) is 17.2 Å². The van der Waals surface area contributed by atoms with E-state index in [1.54, 1.807) is 41.1 Å². The number of nitrogens with zero attached hydrogens (tertiary/aromatic N) is 2. The number of phenols is 1. The Kier molecular flexibility index (Phi) is 4.02. The highest BCUT2D eigenvalue weighted by atomic mass is 16.5. The molecule has 2 heterocycles. The van der Waals surface area contributed by atoms with Crippen molar-refractivity contribution < 1.29 is 14.9 Å². The molecule has 3 N–H and O–H groups in total. The number of aromatic amines is 1. The summed E-state index contributed by atoms with van der Waals surface area (Å²) in [6.45, 7) is 0. The number of nitriles is 1. The van der Waals surface area contributed by atoms with E-state index in [4.69, 9.17) is 10.00 Å². The zero-order valence-corrected chi connectivity index (χ0v) is 14.8. The van der Waals surface area contributed by atoms with Crippen LogP contribution >= 0.6 is 0 Å². The number of H-pyrrole nitrogens is 1. The van der Waals surface area contributed by atoms with E-state index in [9.17, 15) is 15.0 Å². The van der Waals surface area contributed by atoms with E-state index in [-0.39, 0.29) is 17.1 Å². The third-order valence-corrected chi connectivity index (χ3v) is 4.61. The average Bonchev–Trinajstić information content (AvgIpc) is 3.12. The van der Waals surface area contributed by atoms with Gasteiger partial charge in [-0.05, 0) is 29.8 Å². The van der Waals surface area contributed by atoms with Crippen LogP contribution in [0.1, 0.15) is 5.56 Å². The zero-order valence-electron chi connectivity index (χ0n) is 14.8. The summed E-state index contributed by atoms with van der Waals surface area (Å²) in [6, 6.07) is 15.9. The summed E-state index contributed by atoms with van der Waals surface area (Å²) in [5, 5.41) is 29.8. The van der Waals surface area contributed by atoms with Crippen LogP contribution in [0.3, 0.4) is 0 Å². The Hall–Kier alpha value is -4.18. The van der Waals surface area contributed by atoms with Gasteiger partial charge in [0, 0.05) is 17.4 Å². The number of phenolic OH excluding ortho intramolecular Hbond substituents is 1. The van der Waals surface area contributed by atoms with Crippen molar-refractivity contribution in [2.45, 2.75) is 0 Å². The van der Waals surface area contributed by atoms with Crippen molar-refractivity contribution in [1.82, 2.24) is 9.55 Å². The van der Waals surface area contributed by atoms with Crippen LogP contribution in [0, 0.1) is 11.3 Å². The Morgan fingerprint density at radius 1 is 1.07 bits per heavy atom. The maximum Gasteiger partial charge on any atom is 0.270 e. The van der Waals surface area contributed by atoms with Crippen LogP contribution < -0.4 is 10.3 Å². The van der Waals surface area contributed by atoms with Gasteiger partial charge in [0.15, 0.2) is 22.8 Å². The number of para-hydroxylation sites is 1. The molecule has 0 saturated heterocycles. The van der Waals surface area contributed by atoms with Crippen molar-refractivity contribution in [2.24, 2.45) is 0 Å². The summed E-state index contributed by atoms with van der Waals surface area (Å²) in [7, 11) is 1.49. The predicted octanol–water partition coefficient (Wildman–Crippen LogP) is 3.28. The smallest absolute Gasteiger partial charge is 0.270 e. The number of hydrogen-bond acceptors (Lipinski definition) is 5. The largest absolute Gasteiger partial charge is 0.504 e. The van der Waals surface area contributed by atoms with E-state index >= 15 is 0 Å². The Bertz CT molecular complexity index is 1290. The molecule has 2 aromatic heterocycles. The molecule has 0 amide bonds. The van der Waals surface area contributed by atoms with Crippen LogP contribution in [0.15, 0.2) is 59.5 Å². The SMILES string of the molecule is COc1cccc(-c2ccc(-n3ccc4[nH]c(=O)c(C#N)c(O)c43)cc2)c1O. The number of benzene rings is 2. The molecule has 4 aromatic rings. The fraction of sp³-hybridized carbons (Fsp3) is 0.0476. The van der Waals surface area contributed by atoms with Crippen LogP contribution in [-0.2, 0) is 0 Å². The summed E-state index contributed by atoms with van der Waals surface area (Å²) in [5.41, 5.74) is 1.94. The fourth-order valence-electron chi connectivity index (χ4n) is 3.23. The van der Waals surface area contributed by atoms with E-state index in [1.165, 1.54) is 7.11 Å². The summed E-state index contributed by atoms with van der Waals surface area (Å²) in [5.74, 6) is 0.0784. The molecule has 0 atom stereocenters. The summed E-state index contributed by atoms with van der Waals surface area (Å²) in [6.07, 6.45) is 1.69. The molecule has 0 fully saturated rings. The summed E-state index contributed by atoms with van der Waals surface area (Å²) >= 11 is 0. The van der Waals surface area contributed by atoms with E-state index in [0.717, 1.165) is 5.56 Å². The highest BCUT2D eigenvalue weighted by molar-refractivity contribution is 5.86. The van der Waals surface area contributed by atoms with Crippen molar-refractivity contribution in [3.63, 3.8) is 0 Å². The van der Waals surface area contributed by atoms with Crippen molar-refractivity contribution in [3.05, 3.63) is 70.6 Å². The Morgan fingerprint density at radius 2 is 1.82 bits per heavy atom. The summed E-state index contributed by atoms with van der Waals surface area (Å²) in [4.78, 5) is 14.4. The van der Waals surface area contributed by atoms with Gasteiger partial charge in [0.05, 0.1) is 12.6 Å².